The van der Waals surface area contributed by atoms with Crippen molar-refractivity contribution in [2.75, 3.05) is 23.3 Å². The fraction of sp³-hybridized carbons (Fsp3) is 0.240. The number of aromatic nitrogens is 3. The molecule has 0 saturated heterocycles. The van der Waals surface area contributed by atoms with Gasteiger partial charge in [0.05, 0.1) is 34.3 Å². The fourth-order valence-corrected chi connectivity index (χ4v) is 5.21. The molecule has 0 spiro atoms. The number of anilines is 2. The number of sulfone groups is 1. The second-order valence-corrected chi connectivity index (χ2v) is 11.2. The number of fused-ring (bicyclic) bond motifs is 2. The molecule has 2 aromatic heterocycles. The summed E-state index contributed by atoms with van der Waals surface area (Å²) in [6.45, 7) is 4.92. The summed E-state index contributed by atoms with van der Waals surface area (Å²) in [6.07, 6.45) is 3.37. The molecule has 4 aromatic rings. The average molecular weight is 491 g/mol. The van der Waals surface area contributed by atoms with Crippen LogP contribution in [0.2, 0.25) is 0 Å². The number of hydrogen-bond acceptors (Lipinski definition) is 7. The number of amides is 1. The molecule has 0 unspecified atom stereocenters. The molecule has 9 nitrogen and oxygen atoms in total. The summed E-state index contributed by atoms with van der Waals surface area (Å²) in [5.74, 6) is -0.0956. The van der Waals surface area contributed by atoms with Crippen LogP contribution in [0.15, 0.2) is 59.8 Å². The van der Waals surface area contributed by atoms with Crippen LogP contribution < -0.4 is 16.0 Å². The van der Waals surface area contributed by atoms with Gasteiger partial charge >= 0.3 is 0 Å². The van der Waals surface area contributed by atoms with Crippen molar-refractivity contribution < 1.29 is 13.2 Å². The van der Waals surface area contributed by atoms with Gasteiger partial charge in [-0.25, -0.2) is 18.4 Å². The minimum absolute atomic E-state index is 0.0956. The van der Waals surface area contributed by atoms with Crippen molar-refractivity contribution in [3.8, 4) is 11.3 Å². The highest BCUT2D eigenvalue weighted by molar-refractivity contribution is 7.92. The highest BCUT2D eigenvalue weighted by Gasteiger charge is 2.31. The topological polar surface area (TPSA) is 134 Å². The van der Waals surface area contributed by atoms with Crippen LogP contribution in [0.5, 0.6) is 0 Å². The molecule has 35 heavy (non-hydrogen) atoms. The Kier molecular flexibility index (Phi) is 5.78. The lowest BCUT2D eigenvalue weighted by molar-refractivity contribution is 0.0997. The Bertz CT molecular complexity index is 1530. The predicted molar refractivity (Wildman–Crippen MR) is 136 cm³/mol. The average Bonchev–Trinajstić information content (AvgIpc) is 3.42. The van der Waals surface area contributed by atoms with Crippen LogP contribution in [0.25, 0.3) is 22.4 Å². The molecule has 0 radical (unpaired) electrons. The van der Waals surface area contributed by atoms with Gasteiger partial charge in [-0.05, 0) is 49.7 Å². The van der Waals surface area contributed by atoms with Crippen LogP contribution in [-0.2, 0) is 16.4 Å². The minimum atomic E-state index is -3.36. The molecule has 0 fully saturated rings. The van der Waals surface area contributed by atoms with Gasteiger partial charge in [0, 0.05) is 36.1 Å². The van der Waals surface area contributed by atoms with Crippen LogP contribution in [-0.4, -0.2) is 47.6 Å². The molecule has 5 rings (SSSR count). The molecular formula is C25H26N6O3S. The summed E-state index contributed by atoms with van der Waals surface area (Å²) in [6, 6.07) is 12.3. The Morgan fingerprint density at radius 1 is 1.17 bits per heavy atom. The van der Waals surface area contributed by atoms with Gasteiger partial charge in [0.1, 0.15) is 5.52 Å². The molecule has 10 heteroatoms. The van der Waals surface area contributed by atoms with E-state index in [1.165, 1.54) is 0 Å². The van der Waals surface area contributed by atoms with E-state index in [9.17, 15) is 13.2 Å². The van der Waals surface area contributed by atoms with Crippen molar-refractivity contribution in [2.45, 2.75) is 30.5 Å². The van der Waals surface area contributed by atoms with E-state index in [4.69, 9.17) is 10.7 Å². The van der Waals surface area contributed by atoms with Gasteiger partial charge in [-0.15, -0.1) is 0 Å². The van der Waals surface area contributed by atoms with Crippen molar-refractivity contribution >= 4 is 38.3 Å². The Labute approximate surface area is 203 Å². The number of nitrogens with two attached hydrogens (primary N) is 1. The first-order valence-corrected chi connectivity index (χ1v) is 12.9. The van der Waals surface area contributed by atoms with E-state index in [1.807, 2.05) is 18.2 Å². The molecule has 2 aromatic carbocycles. The maximum Gasteiger partial charge on any atom is 0.259 e. The van der Waals surface area contributed by atoms with Gasteiger partial charge in [-0.1, -0.05) is 12.1 Å². The van der Waals surface area contributed by atoms with Crippen molar-refractivity contribution in [3.05, 3.63) is 66.0 Å². The molecule has 180 valence electrons. The number of nitrogens with zero attached hydrogens (tertiary/aromatic N) is 3. The largest absolute Gasteiger partial charge is 0.384 e. The molecule has 0 atom stereocenters. The molecular weight excluding hydrogens is 464 g/mol. The van der Waals surface area contributed by atoms with Crippen molar-refractivity contribution in [1.82, 2.24) is 15.0 Å². The highest BCUT2D eigenvalue weighted by atomic mass is 32.2. The van der Waals surface area contributed by atoms with Gasteiger partial charge in [-0.3, -0.25) is 4.79 Å². The molecule has 1 aliphatic heterocycles. The lowest BCUT2D eigenvalue weighted by Gasteiger charge is -2.14. The Balaban J connectivity index is 1.47. The van der Waals surface area contributed by atoms with E-state index in [0.717, 1.165) is 16.8 Å². The van der Waals surface area contributed by atoms with Crippen LogP contribution >= 0.6 is 0 Å². The van der Waals surface area contributed by atoms with Crippen LogP contribution in [0.3, 0.4) is 0 Å². The molecule has 0 bridgehead atoms. The van der Waals surface area contributed by atoms with Crippen LogP contribution in [0.4, 0.5) is 11.4 Å². The number of aromatic amines is 1. The van der Waals surface area contributed by atoms with Crippen molar-refractivity contribution in [3.63, 3.8) is 0 Å². The van der Waals surface area contributed by atoms with E-state index in [1.54, 1.807) is 55.4 Å². The number of nitrogens with one attached hydrogen (secondary N) is 2. The maximum atomic E-state index is 13.2. The molecule has 0 aliphatic carbocycles. The predicted octanol–water partition coefficient (Wildman–Crippen LogP) is 3.34. The van der Waals surface area contributed by atoms with E-state index >= 15 is 0 Å². The molecule has 1 amide bonds. The van der Waals surface area contributed by atoms with Gasteiger partial charge in [0.15, 0.2) is 15.5 Å². The highest BCUT2D eigenvalue weighted by Crippen LogP contribution is 2.34. The monoisotopic (exact) mass is 490 g/mol. The van der Waals surface area contributed by atoms with E-state index < -0.39 is 15.1 Å². The van der Waals surface area contributed by atoms with Crippen LogP contribution in [0, 0.1) is 0 Å². The van der Waals surface area contributed by atoms with Gasteiger partial charge in [0.25, 0.3) is 5.91 Å². The fourth-order valence-electron chi connectivity index (χ4n) is 4.15. The lowest BCUT2D eigenvalue weighted by atomic mass is 10.1. The van der Waals surface area contributed by atoms with Gasteiger partial charge in [0.2, 0.25) is 0 Å². The Morgan fingerprint density at radius 3 is 2.66 bits per heavy atom. The maximum absolute atomic E-state index is 13.2. The quantitative estimate of drug-likeness (QED) is 0.362. The summed E-state index contributed by atoms with van der Waals surface area (Å²) in [5.41, 5.74) is 11.2. The van der Waals surface area contributed by atoms with E-state index in [0.29, 0.717) is 47.7 Å². The second-order valence-electron chi connectivity index (χ2n) is 8.72. The number of carbonyl (C=O) groups is 1. The van der Waals surface area contributed by atoms with Gasteiger partial charge < -0.3 is 20.9 Å². The third kappa shape index (κ3) is 4.04. The molecule has 1 aliphatic rings. The summed E-state index contributed by atoms with van der Waals surface area (Å²) < 4.78 is 24.9. The number of carbonyl (C=O) groups excluding carboxylic acids is 1. The Morgan fingerprint density at radius 2 is 1.94 bits per heavy atom. The normalized spacial score (nSPS) is 13.6. The van der Waals surface area contributed by atoms with Crippen molar-refractivity contribution in [1.29, 1.82) is 0 Å². The number of rotatable bonds is 7. The van der Waals surface area contributed by atoms with Crippen molar-refractivity contribution in [2.24, 2.45) is 5.73 Å². The molecule has 0 saturated carbocycles. The molecule has 3 heterocycles. The smallest absolute Gasteiger partial charge is 0.259 e. The number of hydrogen-bond donors (Lipinski definition) is 3. The summed E-state index contributed by atoms with van der Waals surface area (Å²) in [5, 5.41) is 2.74. The number of H-pyrrole nitrogens is 1. The summed E-state index contributed by atoms with van der Waals surface area (Å²) in [7, 11) is -3.36. The summed E-state index contributed by atoms with van der Waals surface area (Å²) >= 11 is 0. The molecule has 4 N–H and O–H groups in total. The minimum Gasteiger partial charge on any atom is -0.384 e. The third-order valence-corrected chi connectivity index (χ3v) is 8.30. The first kappa shape index (κ1) is 23.0. The third-order valence-electron chi connectivity index (χ3n) is 6.13. The first-order valence-electron chi connectivity index (χ1n) is 11.4. The summed E-state index contributed by atoms with van der Waals surface area (Å²) in [4.78, 5) is 27.5. The number of benzene rings is 2. The standard InChI is InChI=1S/C25H26N6O3S/c1-15(2)35(33,34)19-6-3-16(4-7-19)21-12-28-24-23(30-21)22(13-29-24)31-14-17-11-18(27-10-9-26)5-8-20(17)25(31)32/h3-8,11-13,15,27H,9-10,14,26H2,1-2H3,(H,28,29). The van der Waals surface area contributed by atoms with E-state index in [-0.39, 0.29) is 10.8 Å². The second kappa shape index (κ2) is 8.79. The Hall–Kier alpha value is -3.76. The van der Waals surface area contributed by atoms with E-state index in [2.05, 4.69) is 15.3 Å². The zero-order valence-corrected chi connectivity index (χ0v) is 20.3. The SMILES string of the molecule is CC(C)S(=O)(=O)c1ccc(-c2cnc3[nH]cc(N4Cc5cc(NCCN)ccc5C4=O)c3n2)cc1. The zero-order chi connectivity index (χ0) is 24.7. The lowest BCUT2D eigenvalue weighted by Crippen LogP contribution is -2.22. The zero-order valence-electron chi connectivity index (χ0n) is 19.4. The first-order chi connectivity index (χ1) is 16.8. The van der Waals surface area contributed by atoms with Crippen LogP contribution in [0.1, 0.15) is 29.8 Å². The van der Waals surface area contributed by atoms with Gasteiger partial charge in [-0.2, -0.15) is 0 Å².